The van der Waals surface area contributed by atoms with Gasteiger partial charge < -0.3 is 24.8 Å². The van der Waals surface area contributed by atoms with Crippen LogP contribution < -0.4 is 14.8 Å². The first kappa shape index (κ1) is 27.9. The molecule has 3 aromatic rings. The van der Waals surface area contributed by atoms with Gasteiger partial charge in [0.2, 0.25) is 0 Å². The lowest BCUT2D eigenvalue weighted by Gasteiger charge is -2.36. The van der Waals surface area contributed by atoms with Gasteiger partial charge in [-0.2, -0.15) is 15.5 Å². The van der Waals surface area contributed by atoms with Crippen LogP contribution in [0.4, 0.5) is 4.39 Å². The van der Waals surface area contributed by atoms with Crippen LogP contribution in [0.2, 0.25) is 0 Å². The lowest BCUT2D eigenvalue weighted by atomic mass is 9.87. The van der Waals surface area contributed by atoms with Crippen molar-refractivity contribution in [3.8, 4) is 17.7 Å². The number of halogens is 1. The Morgan fingerprint density at radius 1 is 1.29 bits per heavy atom. The lowest BCUT2D eigenvalue weighted by Crippen LogP contribution is -2.43. The average molecular weight is 561 g/mol. The molecule has 11 nitrogen and oxygen atoms in total. The summed E-state index contributed by atoms with van der Waals surface area (Å²) in [6.45, 7) is 8.84. The van der Waals surface area contributed by atoms with Crippen LogP contribution in [-0.4, -0.2) is 81.3 Å². The summed E-state index contributed by atoms with van der Waals surface area (Å²) in [7, 11) is 1.54. The van der Waals surface area contributed by atoms with Crippen LogP contribution in [0, 0.1) is 17.3 Å². The van der Waals surface area contributed by atoms with Crippen LogP contribution in [0.15, 0.2) is 65.8 Å². The Labute approximate surface area is 237 Å². The monoisotopic (exact) mass is 560 g/mol. The van der Waals surface area contributed by atoms with E-state index < -0.39 is 11.9 Å². The fourth-order valence-corrected chi connectivity index (χ4v) is 4.95. The average Bonchev–Trinajstić information content (AvgIpc) is 3.38. The summed E-state index contributed by atoms with van der Waals surface area (Å²) in [6, 6.07) is 4.84. The lowest BCUT2D eigenvalue weighted by molar-refractivity contribution is 0.114. The number of allylic oxidation sites excluding steroid dienone is 1. The first-order valence-electron chi connectivity index (χ1n) is 13.4. The smallest absolute Gasteiger partial charge is 0.176 e. The highest BCUT2D eigenvalue weighted by Gasteiger charge is 2.25. The number of nitrogens with zero attached hydrogens (tertiary/aromatic N) is 7. The molecule has 1 aliphatic heterocycles. The molecule has 1 atom stereocenters. The second kappa shape index (κ2) is 12.3. The molecule has 1 aliphatic carbocycles. The number of nitriles is 1. The van der Waals surface area contributed by atoms with Crippen molar-refractivity contribution in [2.75, 3.05) is 39.9 Å². The molecule has 3 aromatic heterocycles. The third kappa shape index (κ3) is 6.25. The molecule has 2 N–H and O–H groups in total. The topological polar surface area (TPSA) is 124 Å². The second-order valence-electron chi connectivity index (χ2n) is 10.2. The molecule has 0 bridgehead atoms. The first-order chi connectivity index (χ1) is 19.9. The SMILES string of the molecule is C=C(C)/C(=N\N1CCN(C=C2CC(NC#N)C2)CC1)c1cc(OC(CO)c2ccc(F)cn2)c2c(OC)cnn2c1. The van der Waals surface area contributed by atoms with Crippen LogP contribution in [0.3, 0.4) is 0 Å². The van der Waals surface area contributed by atoms with E-state index in [1.54, 1.807) is 17.8 Å². The summed E-state index contributed by atoms with van der Waals surface area (Å²) in [5.41, 5.74) is 4.49. The number of aromatic nitrogens is 3. The summed E-state index contributed by atoms with van der Waals surface area (Å²) in [5, 5.41) is 33.1. The first-order valence-corrected chi connectivity index (χ1v) is 13.4. The number of nitrogens with one attached hydrogen (secondary N) is 1. The van der Waals surface area contributed by atoms with Gasteiger partial charge in [0.1, 0.15) is 5.82 Å². The zero-order valence-corrected chi connectivity index (χ0v) is 23.1. The molecule has 2 aliphatic rings. The number of hydrogen-bond donors (Lipinski definition) is 2. The molecule has 2 fully saturated rings. The molecule has 0 aromatic carbocycles. The number of hydrazone groups is 1. The van der Waals surface area contributed by atoms with Crippen molar-refractivity contribution >= 4 is 11.2 Å². The maximum absolute atomic E-state index is 13.5. The van der Waals surface area contributed by atoms with Crippen LogP contribution >= 0.6 is 0 Å². The highest BCUT2D eigenvalue weighted by molar-refractivity contribution is 6.12. The minimum atomic E-state index is -0.844. The highest BCUT2D eigenvalue weighted by atomic mass is 19.1. The molecule has 0 amide bonds. The molecule has 41 heavy (non-hydrogen) atoms. The molecule has 214 valence electrons. The predicted octanol–water partition coefficient (Wildman–Crippen LogP) is 3.00. The quantitative estimate of drug-likeness (QED) is 0.219. The Kier molecular flexibility index (Phi) is 8.35. The number of methoxy groups -OCH3 is 1. The van der Waals surface area contributed by atoms with Crippen molar-refractivity contribution in [2.45, 2.75) is 31.9 Å². The number of aliphatic hydroxyl groups excluding tert-OH is 1. The van der Waals surface area contributed by atoms with Gasteiger partial charge in [-0.1, -0.05) is 12.2 Å². The third-order valence-electron chi connectivity index (χ3n) is 7.14. The van der Waals surface area contributed by atoms with E-state index in [2.05, 4.69) is 33.1 Å². The fourth-order valence-electron chi connectivity index (χ4n) is 4.95. The van der Waals surface area contributed by atoms with E-state index in [4.69, 9.17) is 19.8 Å². The van der Waals surface area contributed by atoms with E-state index in [1.807, 2.05) is 30.4 Å². The van der Waals surface area contributed by atoms with Crippen molar-refractivity contribution in [2.24, 2.45) is 5.10 Å². The third-order valence-corrected chi connectivity index (χ3v) is 7.14. The molecular formula is C29H33FN8O3. The second-order valence-corrected chi connectivity index (χ2v) is 10.2. The Morgan fingerprint density at radius 2 is 2.07 bits per heavy atom. The Bertz CT molecular complexity index is 1490. The van der Waals surface area contributed by atoms with Crippen LogP contribution in [0.25, 0.3) is 5.52 Å². The van der Waals surface area contributed by atoms with E-state index in [-0.39, 0.29) is 12.6 Å². The molecule has 0 radical (unpaired) electrons. The summed E-state index contributed by atoms with van der Waals surface area (Å²) in [4.78, 5) is 6.38. The summed E-state index contributed by atoms with van der Waals surface area (Å²) in [5.74, 6) is 0.421. The summed E-state index contributed by atoms with van der Waals surface area (Å²) >= 11 is 0. The molecule has 12 heteroatoms. The van der Waals surface area contributed by atoms with Crippen LogP contribution in [0.1, 0.15) is 37.1 Å². The Hall–Kier alpha value is -4.63. The highest BCUT2D eigenvalue weighted by Crippen LogP contribution is 2.34. The van der Waals surface area contributed by atoms with Crippen LogP contribution in [-0.2, 0) is 0 Å². The van der Waals surface area contributed by atoms with Gasteiger partial charge in [0.05, 0.1) is 50.6 Å². The summed E-state index contributed by atoms with van der Waals surface area (Å²) < 4.78 is 26.9. The van der Waals surface area contributed by atoms with E-state index >= 15 is 0 Å². The van der Waals surface area contributed by atoms with E-state index in [1.165, 1.54) is 17.7 Å². The molecular weight excluding hydrogens is 527 g/mol. The number of piperazine rings is 1. The van der Waals surface area contributed by atoms with Gasteiger partial charge in [-0.05, 0) is 49.7 Å². The van der Waals surface area contributed by atoms with Gasteiger partial charge in [-0.15, -0.1) is 0 Å². The zero-order chi connectivity index (χ0) is 28.9. The standard InChI is InChI=1S/C29H33FN8O3/c1-19(2)28(35-37-8-6-36(7-9-37)15-20-10-23(11-20)33-18-31)21-12-25(29-26(40-3)14-34-38(29)16-21)41-27(17-39)24-5-4-22(30)13-32-24/h4-5,12-16,23,27,33,39H,1,6-11,17H2,2-3H3/b20-15?,35-28+. The van der Waals surface area contributed by atoms with Crippen LogP contribution in [0.5, 0.6) is 11.5 Å². The Morgan fingerprint density at radius 3 is 2.71 bits per heavy atom. The van der Waals surface area contributed by atoms with Gasteiger partial charge >= 0.3 is 0 Å². The van der Waals surface area contributed by atoms with Gasteiger partial charge in [0.15, 0.2) is 29.3 Å². The zero-order valence-electron chi connectivity index (χ0n) is 23.1. The predicted molar refractivity (Wildman–Crippen MR) is 151 cm³/mol. The molecule has 0 spiro atoms. The number of pyridine rings is 2. The number of hydrogen-bond acceptors (Lipinski definition) is 10. The van der Waals surface area contributed by atoms with E-state index in [9.17, 15) is 9.50 Å². The minimum Gasteiger partial charge on any atom is -0.493 e. The molecule has 1 unspecified atom stereocenters. The van der Waals surface area contributed by atoms with Crippen molar-refractivity contribution in [3.05, 3.63) is 77.8 Å². The van der Waals surface area contributed by atoms with Gasteiger partial charge in [-0.3, -0.25) is 9.99 Å². The van der Waals surface area contributed by atoms with Crippen molar-refractivity contribution in [1.29, 1.82) is 5.26 Å². The maximum Gasteiger partial charge on any atom is 0.176 e. The molecule has 1 saturated heterocycles. The molecule has 4 heterocycles. The number of ether oxygens (including phenoxy) is 2. The number of rotatable bonds is 10. The summed E-state index contributed by atoms with van der Waals surface area (Å²) in [6.07, 6.45) is 9.71. The van der Waals surface area contributed by atoms with E-state index in [0.717, 1.165) is 56.4 Å². The normalized spacial score (nSPS) is 18.0. The number of fused-ring (bicyclic) bond motifs is 1. The van der Waals surface area contributed by atoms with Crippen molar-refractivity contribution < 1.29 is 19.0 Å². The number of aliphatic hydroxyl groups is 1. The molecule has 5 rings (SSSR count). The van der Waals surface area contributed by atoms with Gasteiger partial charge in [0.25, 0.3) is 0 Å². The molecule has 1 saturated carbocycles. The van der Waals surface area contributed by atoms with Gasteiger partial charge in [0, 0.05) is 30.9 Å². The minimum absolute atomic E-state index is 0.260. The van der Waals surface area contributed by atoms with Crippen molar-refractivity contribution in [1.82, 2.24) is 29.8 Å². The fraction of sp³-hybridized carbons (Fsp3) is 0.379. The van der Waals surface area contributed by atoms with E-state index in [0.29, 0.717) is 28.4 Å². The van der Waals surface area contributed by atoms with Crippen molar-refractivity contribution in [3.63, 3.8) is 0 Å². The maximum atomic E-state index is 13.5. The Balaban J connectivity index is 1.39. The van der Waals surface area contributed by atoms with Gasteiger partial charge in [-0.25, -0.2) is 8.91 Å². The largest absolute Gasteiger partial charge is 0.493 e.